The molecule has 0 unspecified atom stereocenters. The first-order valence-electron chi connectivity index (χ1n) is 8.50. The molecule has 0 saturated carbocycles. The molecule has 0 bridgehead atoms. The first-order chi connectivity index (χ1) is 12.4. The van der Waals surface area contributed by atoms with Gasteiger partial charge in [0, 0.05) is 24.2 Å². The van der Waals surface area contributed by atoms with Crippen LogP contribution in [-0.4, -0.2) is 39.4 Å². The van der Waals surface area contributed by atoms with E-state index < -0.39 is 10.0 Å². The molecule has 0 spiro atoms. The van der Waals surface area contributed by atoms with E-state index in [-0.39, 0.29) is 17.3 Å². The lowest BCUT2D eigenvalue weighted by Crippen LogP contribution is -2.33. The quantitative estimate of drug-likeness (QED) is 0.830. The van der Waals surface area contributed by atoms with Gasteiger partial charge in [0.2, 0.25) is 15.9 Å². The van der Waals surface area contributed by atoms with Crippen LogP contribution in [0.1, 0.15) is 23.3 Å². The molecular formula is C18H23N3O4S. The summed E-state index contributed by atoms with van der Waals surface area (Å²) in [6.45, 7) is 3.44. The van der Waals surface area contributed by atoms with Crippen LogP contribution in [0.5, 0.6) is 0 Å². The van der Waals surface area contributed by atoms with Crippen LogP contribution in [0.2, 0.25) is 0 Å². The van der Waals surface area contributed by atoms with Crippen molar-refractivity contribution in [1.29, 1.82) is 0 Å². The second-order valence-corrected chi connectivity index (χ2v) is 8.27. The summed E-state index contributed by atoms with van der Waals surface area (Å²) in [6.07, 6.45) is 3.50. The Morgan fingerprint density at radius 1 is 1.31 bits per heavy atom. The highest BCUT2D eigenvalue weighted by Gasteiger charge is 2.20. The molecule has 1 amide bonds. The molecule has 0 radical (unpaired) electrons. The Morgan fingerprint density at radius 3 is 2.88 bits per heavy atom. The Hall–Kier alpha value is -2.16. The van der Waals surface area contributed by atoms with Crippen molar-refractivity contribution < 1.29 is 17.6 Å². The van der Waals surface area contributed by atoms with Crippen molar-refractivity contribution in [2.24, 2.45) is 0 Å². The predicted molar refractivity (Wildman–Crippen MR) is 98.4 cm³/mol. The van der Waals surface area contributed by atoms with Gasteiger partial charge in [0.15, 0.2) is 0 Å². The third kappa shape index (κ3) is 4.14. The zero-order chi connectivity index (χ0) is 18.7. The van der Waals surface area contributed by atoms with E-state index in [0.717, 1.165) is 30.7 Å². The highest BCUT2D eigenvalue weighted by molar-refractivity contribution is 7.89. The van der Waals surface area contributed by atoms with E-state index in [4.69, 9.17) is 4.42 Å². The number of fused-ring (bicyclic) bond motifs is 1. The van der Waals surface area contributed by atoms with Crippen LogP contribution in [0, 0.1) is 6.92 Å². The van der Waals surface area contributed by atoms with E-state index in [9.17, 15) is 13.2 Å². The minimum absolute atomic E-state index is 0.163. The lowest BCUT2D eigenvalue weighted by Gasteiger charge is -2.19. The number of benzene rings is 1. The molecule has 0 fully saturated rings. The average molecular weight is 377 g/mol. The predicted octanol–water partition coefficient (Wildman–Crippen LogP) is 1.88. The number of amides is 1. The van der Waals surface area contributed by atoms with Gasteiger partial charge in [-0.05, 0) is 50.7 Å². The average Bonchev–Trinajstić information content (AvgIpc) is 2.95. The largest absolute Gasteiger partial charge is 0.469 e. The number of carbonyl (C=O) groups excluding carboxylic acids is 1. The lowest BCUT2D eigenvalue weighted by atomic mass is 10.2. The van der Waals surface area contributed by atoms with E-state index >= 15 is 0 Å². The summed E-state index contributed by atoms with van der Waals surface area (Å²) in [5.74, 6) is 0.821. The number of furan rings is 1. The van der Waals surface area contributed by atoms with Crippen LogP contribution in [-0.2, 0) is 27.8 Å². The van der Waals surface area contributed by atoms with E-state index in [1.165, 1.54) is 13.1 Å². The van der Waals surface area contributed by atoms with E-state index in [1.54, 1.807) is 25.3 Å². The van der Waals surface area contributed by atoms with Crippen LogP contribution in [0.15, 0.2) is 39.8 Å². The monoisotopic (exact) mass is 377 g/mol. The molecular weight excluding hydrogens is 354 g/mol. The molecule has 1 aliphatic heterocycles. The SMILES string of the molecule is CNS(=O)(=O)c1cc(NC(=O)CN2CCCc3occc3C2)ccc1C. The van der Waals surface area contributed by atoms with Crippen molar-refractivity contribution in [2.75, 3.05) is 25.5 Å². The first-order valence-corrected chi connectivity index (χ1v) is 9.99. The van der Waals surface area contributed by atoms with Crippen molar-refractivity contribution in [3.63, 3.8) is 0 Å². The molecule has 7 nitrogen and oxygen atoms in total. The summed E-state index contributed by atoms with van der Waals surface area (Å²) < 4.78 is 31.9. The summed E-state index contributed by atoms with van der Waals surface area (Å²) in [5.41, 5.74) is 2.21. The molecule has 2 N–H and O–H groups in total. The molecule has 0 saturated heterocycles. The van der Waals surface area contributed by atoms with Gasteiger partial charge in [0.25, 0.3) is 0 Å². The fourth-order valence-electron chi connectivity index (χ4n) is 3.13. The highest BCUT2D eigenvalue weighted by atomic mass is 32.2. The van der Waals surface area contributed by atoms with E-state index in [1.807, 2.05) is 6.07 Å². The van der Waals surface area contributed by atoms with Crippen molar-refractivity contribution in [1.82, 2.24) is 9.62 Å². The Kier molecular flexibility index (Phi) is 5.45. The van der Waals surface area contributed by atoms with E-state index in [2.05, 4.69) is 14.9 Å². The van der Waals surface area contributed by atoms with Crippen LogP contribution >= 0.6 is 0 Å². The van der Waals surface area contributed by atoms with Gasteiger partial charge in [-0.3, -0.25) is 9.69 Å². The van der Waals surface area contributed by atoms with Crippen molar-refractivity contribution in [3.05, 3.63) is 47.4 Å². The summed E-state index contributed by atoms with van der Waals surface area (Å²) in [5, 5.41) is 2.79. The lowest BCUT2D eigenvalue weighted by molar-refractivity contribution is -0.117. The topological polar surface area (TPSA) is 91.7 Å². The van der Waals surface area contributed by atoms with Gasteiger partial charge in [-0.1, -0.05) is 6.07 Å². The maximum atomic E-state index is 12.4. The third-order valence-corrected chi connectivity index (χ3v) is 6.06. The number of anilines is 1. The highest BCUT2D eigenvalue weighted by Crippen LogP contribution is 2.21. The number of nitrogens with one attached hydrogen (secondary N) is 2. The Morgan fingerprint density at radius 2 is 2.12 bits per heavy atom. The van der Waals surface area contributed by atoms with Gasteiger partial charge in [0.05, 0.1) is 17.7 Å². The molecule has 2 aromatic rings. The minimum atomic E-state index is -3.57. The summed E-state index contributed by atoms with van der Waals surface area (Å²) in [4.78, 5) is 14.6. The van der Waals surface area contributed by atoms with Crippen LogP contribution in [0.4, 0.5) is 5.69 Å². The molecule has 2 heterocycles. The number of nitrogens with zero attached hydrogens (tertiary/aromatic N) is 1. The normalized spacial score (nSPS) is 15.3. The number of rotatable bonds is 5. The third-order valence-electron chi connectivity index (χ3n) is 4.51. The van der Waals surface area contributed by atoms with Gasteiger partial charge in [-0.25, -0.2) is 13.1 Å². The van der Waals surface area contributed by atoms with Gasteiger partial charge in [-0.15, -0.1) is 0 Å². The van der Waals surface area contributed by atoms with Gasteiger partial charge >= 0.3 is 0 Å². The molecule has 140 valence electrons. The number of aryl methyl sites for hydroxylation is 2. The molecule has 8 heteroatoms. The van der Waals surface area contributed by atoms with Gasteiger partial charge in [-0.2, -0.15) is 0 Å². The fraction of sp³-hybridized carbons (Fsp3) is 0.389. The molecule has 0 aliphatic carbocycles. The second-order valence-electron chi connectivity index (χ2n) is 6.42. The summed E-state index contributed by atoms with van der Waals surface area (Å²) in [7, 11) is -2.20. The van der Waals surface area contributed by atoms with Gasteiger partial charge in [0.1, 0.15) is 5.76 Å². The smallest absolute Gasteiger partial charge is 0.240 e. The molecule has 1 aromatic heterocycles. The second kappa shape index (κ2) is 7.61. The number of hydrogen-bond acceptors (Lipinski definition) is 5. The molecule has 1 aliphatic rings. The van der Waals surface area contributed by atoms with Gasteiger partial charge < -0.3 is 9.73 Å². The number of carbonyl (C=O) groups is 1. The van der Waals surface area contributed by atoms with Crippen LogP contribution in [0.3, 0.4) is 0 Å². The maximum Gasteiger partial charge on any atom is 0.240 e. The van der Waals surface area contributed by atoms with Crippen molar-refractivity contribution in [2.45, 2.75) is 31.2 Å². The Labute approximate surface area is 153 Å². The minimum Gasteiger partial charge on any atom is -0.469 e. The Balaban J connectivity index is 1.68. The van der Waals surface area contributed by atoms with Crippen molar-refractivity contribution >= 4 is 21.6 Å². The summed E-state index contributed by atoms with van der Waals surface area (Å²) in [6, 6.07) is 6.82. The fourth-order valence-corrected chi connectivity index (χ4v) is 4.12. The molecule has 3 rings (SSSR count). The van der Waals surface area contributed by atoms with E-state index in [0.29, 0.717) is 17.8 Å². The van der Waals surface area contributed by atoms with Crippen molar-refractivity contribution in [3.8, 4) is 0 Å². The first kappa shape index (κ1) is 18.6. The summed E-state index contributed by atoms with van der Waals surface area (Å²) >= 11 is 0. The maximum absolute atomic E-state index is 12.4. The van der Waals surface area contributed by atoms with Crippen LogP contribution < -0.4 is 10.0 Å². The number of sulfonamides is 1. The Bertz CT molecular complexity index is 905. The standard InChI is InChI=1S/C18H23N3O4S/c1-13-5-6-15(10-17(13)26(23,24)19-2)20-18(22)12-21-8-3-4-16-14(11-21)7-9-25-16/h5-7,9-10,19H,3-4,8,11-12H2,1-2H3,(H,20,22). The zero-order valence-corrected chi connectivity index (χ0v) is 15.7. The van der Waals surface area contributed by atoms with Crippen LogP contribution in [0.25, 0.3) is 0 Å². The zero-order valence-electron chi connectivity index (χ0n) is 14.9. The molecule has 1 aromatic carbocycles. The number of hydrogen-bond donors (Lipinski definition) is 2. The molecule has 0 atom stereocenters. The molecule has 26 heavy (non-hydrogen) atoms.